The van der Waals surface area contributed by atoms with E-state index in [1.807, 2.05) is 35.2 Å². The molecule has 1 aliphatic rings. The molecule has 1 atom stereocenters. The van der Waals surface area contributed by atoms with Gasteiger partial charge in [0.2, 0.25) is 5.91 Å². The minimum atomic E-state index is -0.387. The molecule has 2 amide bonds. The third kappa shape index (κ3) is 4.70. The summed E-state index contributed by atoms with van der Waals surface area (Å²) in [6, 6.07) is 21.1. The van der Waals surface area contributed by atoms with Crippen molar-refractivity contribution in [3.05, 3.63) is 95.3 Å². The van der Waals surface area contributed by atoms with E-state index in [0.29, 0.717) is 17.0 Å². The first-order valence-electron chi connectivity index (χ1n) is 10.4. The fourth-order valence-corrected chi connectivity index (χ4v) is 4.81. The van der Waals surface area contributed by atoms with Crippen molar-refractivity contribution >= 4 is 35.0 Å². The molecule has 0 bridgehead atoms. The maximum Gasteiger partial charge on any atom is 0.255 e. The van der Waals surface area contributed by atoms with E-state index in [4.69, 9.17) is 0 Å². The molecule has 4 rings (SSSR count). The van der Waals surface area contributed by atoms with Gasteiger partial charge in [0.15, 0.2) is 0 Å². The molecule has 1 saturated heterocycles. The number of halogens is 1. The van der Waals surface area contributed by atoms with Gasteiger partial charge in [-0.15, -0.1) is 11.8 Å². The van der Waals surface area contributed by atoms with Crippen molar-refractivity contribution in [3.8, 4) is 0 Å². The molecule has 164 valence electrons. The van der Waals surface area contributed by atoms with Crippen LogP contribution in [0, 0.1) is 5.82 Å². The standard InChI is InChI=1S/C26H25FN2O2S/c1-26(2,3)19-9-13-22(14-10-19)29-23(30)16-32-25(29)18-5-4-6-21(15-18)28-24(31)17-7-11-20(27)12-8-17/h4-15,25H,16H2,1-3H3,(H,28,31)/t25-/m0/s1. The number of hydrogen-bond donors (Lipinski definition) is 1. The highest BCUT2D eigenvalue weighted by Crippen LogP contribution is 2.42. The van der Waals surface area contributed by atoms with Crippen molar-refractivity contribution in [3.63, 3.8) is 0 Å². The molecule has 1 N–H and O–H groups in total. The maximum atomic E-state index is 13.1. The molecule has 0 radical (unpaired) electrons. The summed E-state index contributed by atoms with van der Waals surface area (Å²) >= 11 is 1.56. The van der Waals surface area contributed by atoms with Gasteiger partial charge in [-0.3, -0.25) is 14.5 Å². The van der Waals surface area contributed by atoms with Crippen LogP contribution in [0.3, 0.4) is 0 Å². The van der Waals surface area contributed by atoms with Crippen LogP contribution in [0.5, 0.6) is 0 Å². The quantitative estimate of drug-likeness (QED) is 0.520. The second kappa shape index (κ2) is 8.79. The number of carbonyl (C=O) groups excluding carboxylic acids is 2. The fourth-order valence-electron chi connectivity index (χ4n) is 3.65. The minimum Gasteiger partial charge on any atom is -0.322 e. The van der Waals surface area contributed by atoms with Crippen LogP contribution >= 0.6 is 11.8 Å². The highest BCUT2D eigenvalue weighted by molar-refractivity contribution is 8.00. The first kappa shape index (κ1) is 22.1. The van der Waals surface area contributed by atoms with Crippen molar-refractivity contribution in [2.24, 2.45) is 0 Å². The molecule has 0 aliphatic carbocycles. The number of hydrogen-bond acceptors (Lipinski definition) is 3. The Labute approximate surface area is 191 Å². The van der Waals surface area contributed by atoms with Crippen molar-refractivity contribution < 1.29 is 14.0 Å². The summed E-state index contributed by atoms with van der Waals surface area (Å²) in [6.07, 6.45) is 0. The Morgan fingerprint density at radius 2 is 1.72 bits per heavy atom. The van der Waals surface area contributed by atoms with Crippen LogP contribution in [0.4, 0.5) is 15.8 Å². The van der Waals surface area contributed by atoms with Crippen LogP contribution in [0.25, 0.3) is 0 Å². The second-order valence-corrected chi connectivity index (χ2v) is 9.88. The van der Waals surface area contributed by atoms with E-state index in [9.17, 15) is 14.0 Å². The Kier molecular flexibility index (Phi) is 6.07. The number of thioether (sulfide) groups is 1. The number of nitrogens with zero attached hydrogens (tertiary/aromatic N) is 1. The van der Waals surface area contributed by atoms with Gasteiger partial charge in [-0.25, -0.2) is 4.39 Å². The maximum absolute atomic E-state index is 13.1. The SMILES string of the molecule is CC(C)(C)c1ccc(N2C(=O)CS[C@H]2c2cccc(NC(=O)c3ccc(F)cc3)c2)cc1. The van der Waals surface area contributed by atoms with Gasteiger partial charge in [-0.1, -0.05) is 45.0 Å². The molecule has 0 unspecified atom stereocenters. The molecule has 4 nitrogen and oxygen atoms in total. The van der Waals surface area contributed by atoms with Crippen molar-refractivity contribution in [1.82, 2.24) is 0 Å². The van der Waals surface area contributed by atoms with E-state index in [1.54, 1.807) is 17.8 Å². The van der Waals surface area contributed by atoms with Gasteiger partial charge in [0.1, 0.15) is 11.2 Å². The number of anilines is 2. The Morgan fingerprint density at radius 1 is 1.03 bits per heavy atom. The van der Waals surface area contributed by atoms with E-state index < -0.39 is 0 Å². The number of carbonyl (C=O) groups is 2. The van der Waals surface area contributed by atoms with E-state index >= 15 is 0 Å². The zero-order valence-corrected chi connectivity index (χ0v) is 19.1. The third-order valence-corrected chi connectivity index (χ3v) is 6.63. The minimum absolute atomic E-state index is 0.0404. The Balaban J connectivity index is 1.56. The lowest BCUT2D eigenvalue weighted by molar-refractivity contribution is -0.115. The molecule has 1 fully saturated rings. The molecule has 6 heteroatoms. The summed E-state index contributed by atoms with van der Waals surface area (Å²) in [5.41, 5.74) is 4.04. The molecule has 0 saturated carbocycles. The summed E-state index contributed by atoms with van der Waals surface area (Å²) in [4.78, 5) is 27.0. The third-order valence-electron chi connectivity index (χ3n) is 5.42. The molecule has 1 heterocycles. The predicted octanol–water partition coefficient (Wildman–Crippen LogP) is 6.15. The lowest BCUT2D eigenvalue weighted by atomic mass is 9.87. The summed E-state index contributed by atoms with van der Waals surface area (Å²) in [5, 5.41) is 2.68. The average Bonchev–Trinajstić information content (AvgIpc) is 3.15. The van der Waals surface area contributed by atoms with Crippen LogP contribution < -0.4 is 10.2 Å². The monoisotopic (exact) mass is 448 g/mol. The Morgan fingerprint density at radius 3 is 2.38 bits per heavy atom. The van der Waals surface area contributed by atoms with Gasteiger partial charge in [0.05, 0.1) is 5.75 Å². The fraction of sp³-hybridized carbons (Fsp3) is 0.231. The van der Waals surface area contributed by atoms with Gasteiger partial charge in [-0.05, 0) is 65.1 Å². The van der Waals surface area contributed by atoms with Crippen molar-refractivity contribution in [1.29, 1.82) is 0 Å². The zero-order valence-electron chi connectivity index (χ0n) is 18.3. The highest BCUT2D eigenvalue weighted by atomic mass is 32.2. The van der Waals surface area contributed by atoms with E-state index in [2.05, 4.69) is 38.2 Å². The number of benzene rings is 3. The highest BCUT2D eigenvalue weighted by Gasteiger charge is 2.34. The van der Waals surface area contributed by atoms with Gasteiger partial charge >= 0.3 is 0 Å². The van der Waals surface area contributed by atoms with Gasteiger partial charge in [0, 0.05) is 16.9 Å². The van der Waals surface area contributed by atoms with Crippen LogP contribution in [0.1, 0.15) is 47.6 Å². The molecular weight excluding hydrogens is 423 g/mol. The normalized spacial score (nSPS) is 16.3. The Bertz CT molecular complexity index is 1140. The molecular formula is C26H25FN2O2S. The number of nitrogens with one attached hydrogen (secondary N) is 1. The van der Waals surface area contributed by atoms with Crippen LogP contribution in [-0.2, 0) is 10.2 Å². The molecule has 3 aromatic carbocycles. The lowest BCUT2D eigenvalue weighted by Gasteiger charge is -2.26. The van der Waals surface area contributed by atoms with Crippen LogP contribution in [0.15, 0.2) is 72.8 Å². The molecule has 3 aromatic rings. The van der Waals surface area contributed by atoms with Gasteiger partial charge < -0.3 is 5.32 Å². The topological polar surface area (TPSA) is 49.4 Å². The van der Waals surface area contributed by atoms with Crippen LogP contribution in [0.2, 0.25) is 0 Å². The van der Waals surface area contributed by atoms with Crippen molar-refractivity contribution in [2.75, 3.05) is 16.0 Å². The molecule has 0 aromatic heterocycles. The number of rotatable bonds is 4. The van der Waals surface area contributed by atoms with E-state index in [1.165, 1.54) is 29.8 Å². The first-order chi connectivity index (χ1) is 15.2. The summed E-state index contributed by atoms with van der Waals surface area (Å²) in [6.45, 7) is 6.48. The van der Waals surface area contributed by atoms with E-state index in [-0.39, 0.29) is 28.4 Å². The summed E-state index contributed by atoms with van der Waals surface area (Å²) in [7, 11) is 0. The Hall–Kier alpha value is -3.12. The number of amides is 2. The van der Waals surface area contributed by atoms with E-state index in [0.717, 1.165) is 11.3 Å². The molecule has 32 heavy (non-hydrogen) atoms. The van der Waals surface area contributed by atoms with Gasteiger partial charge in [0.25, 0.3) is 5.91 Å². The van der Waals surface area contributed by atoms with Gasteiger partial charge in [-0.2, -0.15) is 0 Å². The lowest BCUT2D eigenvalue weighted by Crippen LogP contribution is -2.28. The first-order valence-corrected chi connectivity index (χ1v) is 11.5. The van der Waals surface area contributed by atoms with Crippen molar-refractivity contribution in [2.45, 2.75) is 31.6 Å². The largest absolute Gasteiger partial charge is 0.322 e. The average molecular weight is 449 g/mol. The van der Waals surface area contributed by atoms with Crippen LogP contribution in [-0.4, -0.2) is 17.6 Å². The molecule has 0 spiro atoms. The smallest absolute Gasteiger partial charge is 0.255 e. The summed E-state index contributed by atoms with van der Waals surface area (Å²) in [5.74, 6) is -0.240. The molecule has 1 aliphatic heterocycles. The summed E-state index contributed by atoms with van der Waals surface area (Å²) < 4.78 is 13.1. The predicted molar refractivity (Wildman–Crippen MR) is 129 cm³/mol. The second-order valence-electron chi connectivity index (χ2n) is 8.81. The zero-order chi connectivity index (χ0) is 22.9.